The molecule has 0 spiro atoms. The van der Waals surface area contributed by atoms with Gasteiger partial charge in [-0.25, -0.2) is 4.98 Å². The molecule has 0 bridgehead atoms. The highest BCUT2D eigenvalue weighted by atomic mass is 16.2. The molecule has 1 fully saturated rings. The lowest BCUT2D eigenvalue weighted by atomic mass is 9.94. The molecule has 0 saturated carbocycles. The van der Waals surface area contributed by atoms with Crippen LogP contribution in [0.15, 0.2) is 10.9 Å². The SMILES string of the molecule is CC(=O)N1CCC[C@@H](c2cc(=O)[nH]c(C)n2)C1. The van der Waals surface area contributed by atoms with E-state index in [1.165, 1.54) is 0 Å². The number of likely N-dealkylation sites (tertiary alicyclic amines) is 1. The van der Waals surface area contributed by atoms with Crippen LogP contribution in [0.2, 0.25) is 0 Å². The smallest absolute Gasteiger partial charge is 0.251 e. The molecular formula is C12H17N3O2. The summed E-state index contributed by atoms with van der Waals surface area (Å²) in [4.78, 5) is 31.6. The van der Waals surface area contributed by atoms with Gasteiger partial charge in [0.1, 0.15) is 5.82 Å². The normalized spacial score (nSPS) is 20.4. The number of hydrogen-bond donors (Lipinski definition) is 1. The number of aromatic amines is 1. The molecule has 1 aromatic rings. The van der Waals surface area contributed by atoms with E-state index in [2.05, 4.69) is 9.97 Å². The Morgan fingerprint density at radius 3 is 3.00 bits per heavy atom. The highest BCUT2D eigenvalue weighted by Crippen LogP contribution is 2.24. The molecule has 1 aliphatic heterocycles. The highest BCUT2D eigenvalue weighted by molar-refractivity contribution is 5.73. The highest BCUT2D eigenvalue weighted by Gasteiger charge is 2.24. The van der Waals surface area contributed by atoms with Gasteiger partial charge in [0, 0.05) is 32.0 Å². The van der Waals surface area contributed by atoms with E-state index in [1.807, 2.05) is 4.90 Å². The molecule has 1 aliphatic rings. The summed E-state index contributed by atoms with van der Waals surface area (Å²) >= 11 is 0. The summed E-state index contributed by atoms with van der Waals surface area (Å²) in [5, 5.41) is 0. The van der Waals surface area contributed by atoms with Crippen molar-refractivity contribution in [2.24, 2.45) is 0 Å². The van der Waals surface area contributed by atoms with Crippen LogP contribution in [0.3, 0.4) is 0 Å². The van der Waals surface area contributed by atoms with Crippen molar-refractivity contribution in [3.05, 3.63) is 27.9 Å². The van der Waals surface area contributed by atoms with Crippen molar-refractivity contribution >= 4 is 5.91 Å². The Labute approximate surface area is 99.9 Å². The van der Waals surface area contributed by atoms with Crippen molar-refractivity contribution in [2.75, 3.05) is 13.1 Å². The molecule has 17 heavy (non-hydrogen) atoms. The van der Waals surface area contributed by atoms with E-state index in [9.17, 15) is 9.59 Å². The number of carbonyl (C=O) groups excluding carboxylic acids is 1. The van der Waals surface area contributed by atoms with E-state index in [0.717, 1.165) is 25.1 Å². The van der Waals surface area contributed by atoms with Crippen molar-refractivity contribution in [2.45, 2.75) is 32.6 Å². The summed E-state index contributed by atoms with van der Waals surface area (Å²) in [6.45, 7) is 4.84. The molecule has 2 rings (SSSR count). The van der Waals surface area contributed by atoms with Crippen LogP contribution < -0.4 is 5.56 Å². The van der Waals surface area contributed by atoms with E-state index in [0.29, 0.717) is 12.4 Å². The van der Waals surface area contributed by atoms with E-state index < -0.39 is 0 Å². The number of amides is 1. The molecule has 1 aromatic heterocycles. The van der Waals surface area contributed by atoms with Crippen LogP contribution >= 0.6 is 0 Å². The van der Waals surface area contributed by atoms with Gasteiger partial charge in [0.2, 0.25) is 5.91 Å². The van der Waals surface area contributed by atoms with Gasteiger partial charge in [-0.3, -0.25) is 9.59 Å². The first-order valence-corrected chi connectivity index (χ1v) is 5.89. The van der Waals surface area contributed by atoms with Crippen LogP contribution in [0.4, 0.5) is 0 Å². The summed E-state index contributed by atoms with van der Waals surface area (Å²) in [6, 6.07) is 1.54. The molecule has 2 heterocycles. The van der Waals surface area contributed by atoms with Crippen LogP contribution in [-0.4, -0.2) is 33.9 Å². The third-order valence-electron chi connectivity index (χ3n) is 3.16. The third kappa shape index (κ3) is 2.72. The zero-order valence-corrected chi connectivity index (χ0v) is 10.2. The van der Waals surface area contributed by atoms with Crippen LogP contribution in [0, 0.1) is 6.92 Å². The van der Waals surface area contributed by atoms with Gasteiger partial charge in [0.05, 0.1) is 5.69 Å². The Morgan fingerprint density at radius 1 is 1.59 bits per heavy atom. The Bertz CT molecular complexity index is 481. The average molecular weight is 235 g/mol. The predicted molar refractivity (Wildman–Crippen MR) is 63.8 cm³/mol. The fourth-order valence-electron chi connectivity index (χ4n) is 2.32. The van der Waals surface area contributed by atoms with Crippen molar-refractivity contribution in [3.8, 4) is 0 Å². The molecule has 0 radical (unpaired) electrons. The van der Waals surface area contributed by atoms with E-state index in [1.54, 1.807) is 19.9 Å². The summed E-state index contributed by atoms with van der Waals surface area (Å²) < 4.78 is 0. The standard InChI is InChI=1S/C12H17N3O2/c1-8-13-11(6-12(17)14-8)10-4-3-5-15(7-10)9(2)16/h6,10H,3-5,7H2,1-2H3,(H,13,14,17)/t10-/m1/s1. The van der Waals surface area contributed by atoms with Crippen molar-refractivity contribution in [3.63, 3.8) is 0 Å². The molecule has 5 heteroatoms. The van der Waals surface area contributed by atoms with E-state index in [4.69, 9.17) is 0 Å². The molecular weight excluding hydrogens is 218 g/mol. The van der Waals surface area contributed by atoms with Crippen LogP contribution in [0.1, 0.15) is 37.2 Å². The van der Waals surface area contributed by atoms with Gasteiger partial charge in [-0.15, -0.1) is 0 Å². The number of H-pyrrole nitrogens is 1. The van der Waals surface area contributed by atoms with Gasteiger partial charge in [0.25, 0.3) is 5.56 Å². The molecule has 0 aliphatic carbocycles. The quantitative estimate of drug-likeness (QED) is 0.783. The van der Waals surface area contributed by atoms with Gasteiger partial charge in [-0.1, -0.05) is 0 Å². The van der Waals surface area contributed by atoms with Gasteiger partial charge in [0.15, 0.2) is 0 Å². The van der Waals surface area contributed by atoms with Gasteiger partial charge in [-0.2, -0.15) is 0 Å². The molecule has 1 atom stereocenters. The number of hydrogen-bond acceptors (Lipinski definition) is 3. The molecule has 92 valence electrons. The van der Waals surface area contributed by atoms with Crippen molar-refractivity contribution < 1.29 is 4.79 Å². The first-order valence-electron chi connectivity index (χ1n) is 5.89. The summed E-state index contributed by atoms with van der Waals surface area (Å²) in [7, 11) is 0. The molecule has 1 saturated heterocycles. The maximum atomic E-state index is 11.4. The molecule has 0 unspecified atom stereocenters. The summed E-state index contributed by atoms with van der Waals surface area (Å²) in [6.07, 6.45) is 1.96. The molecule has 1 amide bonds. The van der Waals surface area contributed by atoms with Crippen LogP contribution in [0.5, 0.6) is 0 Å². The average Bonchev–Trinajstić information content (AvgIpc) is 2.28. The maximum Gasteiger partial charge on any atom is 0.251 e. The number of rotatable bonds is 1. The van der Waals surface area contributed by atoms with Gasteiger partial charge >= 0.3 is 0 Å². The third-order valence-corrected chi connectivity index (χ3v) is 3.16. The molecule has 0 aromatic carbocycles. The Morgan fingerprint density at radius 2 is 2.35 bits per heavy atom. The Kier molecular flexibility index (Phi) is 3.26. The number of aromatic nitrogens is 2. The number of nitrogens with zero attached hydrogens (tertiary/aromatic N) is 2. The number of piperidine rings is 1. The minimum Gasteiger partial charge on any atom is -0.342 e. The maximum absolute atomic E-state index is 11.4. The monoisotopic (exact) mass is 235 g/mol. The lowest BCUT2D eigenvalue weighted by Crippen LogP contribution is -2.38. The lowest BCUT2D eigenvalue weighted by Gasteiger charge is -2.31. The lowest BCUT2D eigenvalue weighted by molar-refractivity contribution is -0.130. The Balaban J connectivity index is 2.21. The molecule has 5 nitrogen and oxygen atoms in total. The minimum atomic E-state index is -0.118. The van der Waals surface area contributed by atoms with Crippen LogP contribution in [0.25, 0.3) is 0 Å². The first kappa shape index (κ1) is 11.8. The second kappa shape index (κ2) is 4.69. The van der Waals surface area contributed by atoms with Crippen molar-refractivity contribution in [1.29, 1.82) is 0 Å². The topological polar surface area (TPSA) is 66.1 Å². The predicted octanol–water partition coefficient (Wildman–Crippen LogP) is 0.804. The van der Waals surface area contributed by atoms with Gasteiger partial charge in [-0.05, 0) is 19.8 Å². The Hall–Kier alpha value is -1.65. The van der Waals surface area contributed by atoms with Gasteiger partial charge < -0.3 is 9.88 Å². The summed E-state index contributed by atoms with van der Waals surface area (Å²) in [5.41, 5.74) is 0.685. The second-order valence-corrected chi connectivity index (χ2v) is 4.56. The zero-order valence-electron chi connectivity index (χ0n) is 10.2. The van der Waals surface area contributed by atoms with Crippen LogP contribution in [-0.2, 0) is 4.79 Å². The largest absolute Gasteiger partial charge is 0.342 e. The molecule has 1 N–H and O–H groups in total. The second-order valence-electron chi connectivity index (χ2n) is 4.56. The van der Waals surface area contributed by atoms with Crippen molar-refractivity contribution in [1.82, 2.24) is 14.9 Å². The number of carbonyl (C=O) groups is 1. The van der Waals surface area contributed by atoms with E-state index >= 15 is 0 Å². The van der Waals surface area contributed by atoms with E-state index in [-0.39, 0.29) is 17.4 Å². The fraction of sp³-hybridized carbons (Fsp3) is 0.583. The number of aryl methyl sites for hydroxylation is 1. The zero-order chi connectivity index (χ0) is 12.4. The fourth-order valence-corrected chi connectivity index (χ4v) is 2.32. The first-order chi connectivity index (χ1) is 8.06. The number of nitrogens with one attached hydrogen (secondary N) is 1. The summed E-state index contributed by atoms with van der Waals surface area (Å²) in [5.74, 6) is 0.914. The minimum absolute atomic E-state index is 0.0938.